The van der Waals surface area contributed by atoms with E-state index < -0.39 is 0 Å². The van der Waals surface area contributed by atoms with Gasteiger partial charge in [0.05, 0.1) is 5.69 Å². The molecule has 2 aromatic heterocycles. The number of carbonyl (C=O) groups is 1. The van der Waals surface area contributed by atoms with Gasteiger partial charge in [-0.3, -0.25) is 4.79 Å². The Hall–Kier alpha value is -3.32. The lowest BCUT2D eigenvalue weighted by molar-refractivity contribution is 0.102. The maximum Gasteiger partial charge on any atom is 0.276 e. The van der Waals surface area contributed by atoms with E-state index in [9.17, 15) is 4.79 Å². The van der Waals surface area contributed by atoms with Crippen LogP contribution in [-0.2, 0) is 7.05 Å². The maximum atomic E-state index is 12.6. The Bertz CT molecular complexity index is 1100. The molecule has 2 heterocycles. The van der Waals surface area contributed by atoms with Crippen LogP contribution in [0.2, 0.25) is 0 Å². The lowest BCUT2D eigenvalue weighted by atomic mass is 10.3. The van der Waals surface area contributed by atoms with Gasteiger partial charge in [0.1, 0.15) is 0 Å². The van der Waals surface area contributed by atoms with Crippen molar-refractivity contribution >= 4 is 23.4 Å². The molecule has 140 valence electrons. The number of para-hydroxylation sites is 1. The summed E-state index contributed by atoms with van der Waals surface area (Å²) in [6.07, 6.45) is 3.68. The minimum atomic E-state index is -0.234. The molecule has 1 N–H and O–H groups in total. The average Bonchev–Trinajstić information content (AvgIpc) is 3.30. The third kappa shape index (κ3) is 3.84. The van der Waals surface area contributed by atoms with Gasteiger partial charge in [0.15, 0.2) is 10.9 Å². The Morgan fingerprint density at radius 1 is 1.07 bits per heavy atom. The predicted molar refractivity (Wildman–Crippen MR) is 110 cm³/mol. The molecular weight excluding hydrogens is 370 g/mol. The monoisotopic (exact) mass is 389 g/mol. The highest BCUT2D eigenvalue weighted by Gasteiger charge is 2.13. The standard InChI is InChI=1S/C21H19N5OS/c1-15-14-19(24-26(15)17-6-4-3-5-7-17)20(27)23-16-8-10-18(11-9-16)28-21-22-12-13-25(21)2/h3-14H,1-2H3,(H,23,27). The van der Waals surface area contributed by atoms with Crippen molar-refractivity contribution in [2.45, 2.75) is 17.0 Å². The fraction of sp³-hybridized carbons (Fsp3) is 0.0952. The van der Waals surface area contributed by atoms with Gasteiger partial charge in [-0.1, -0.05) is 30.0 Å². The molecule has 0 spiro atoms. The molecule has 0 fully saturated rings. The lowest BCUT2D eigenvalue weighted by Crippen LogP contribution is -2.13. The summed E-state index contributed by atoms with van der Waals surface area (Å²) in [5.74, 6) is -0.234. The van der Waals surface area contributed by atoms with Crippen LogP contribution in [0.5, 0.6) is 0 Å². The van der Waals surface area contributed by atoms with Gasteiger partial charge in [0.2, 0.25) is 0 Å². The molecule has 0 aliphatic carbocycles. The van der Waals surface area contributed by atoms with Crippen molar-refractivity contribution in [3.05, 3.63) is 84.4 Å². The van der Waals surface area contributed by atoms with Gasteiger partial charge in [-0.2, -0.15) is 5.10 Å². The SMILES string of the molecule is Cc1cc(C(=O)Nc2ccc(Sc3nccn3C)cc2)nn1-c1ccccc1. The predicted octanol–water partition coefficient (Wildman–Crippen LogP) is 4.32. The summed E-state index contributed by atoms with van der Waals surface area (Å²) in [4.78, 5) is 17.9. The van der Waals surface area contributed by atoms with Gasteiger partial charge in [-0.05, 0) is 49.4 Å². The van der Waals surface area contributed by atoms with Crippen LogP contribution in [0.25, 0.3) is 5.69 Å². The summed E-state index contributed by atoms with van der Waals surface area (Å²) in [5, 5.41) is 8.26. The molecule has 4 aromatic rings. The van der Waals surface area contributed by atoms with E-state index in [-0.39, 0.29) is 5.91 Å². The van der Waals surface area contributed by atoms with Crippen LogP contribution in [0.3, 0.4) is 0 Å². The Kier molecular flexibility index (Phi) is 4.99. The van der Waals surface area contributed by atoms with Crippen LogP contribution in [0.1, 0.15) is 16.2 Å². The molecule has 7 heteroatoms. The number of rotatable bonds is 5. The molecule has 0 aliphatic heterocycles. The van der Waals surface area contributed by atoms with Gasteiger partial charge in [0, 0.05) is 35.7 Å². The third-order valence-electron chi connectivity index (χ3n) is 4.22. The molecule has 0 saturated carbocycles. The Balaban J connectivity index is 1.46. The van der Waals surface area contributed by atoms with Crippen molar-refractivity contribution in [3.8, 4) is 5.69 Å². The van der Waals surface area contributed by atoms with E-state index >= 15 is 0 Å². The second kappa shape index (κ2) is 7.74. The molecule has 0 unspecified atom stereocenters. The number of anilines is 1. The van der Waals surface area contributed by atoms with E-state index in [1.54, 1.807) is 28.7 Å². The molecule has 0 atom stereocenters. The minimum Gasteiger partial charge on any atom is -0.329 e. The second-order valence-electron chi connectivity index (χ2n) is 6.32. The zero-order chi connectivity index (χ0) is 19.5. The molecular formula is C21H19N5OS. The Morgan fingerprint density at radius 3 is 2.50 bits per heavy atom. The number of aryl methyl sites for hydroxylation is 2. The molecule has 0 bridgehead atoms. The van der Waals surface area contributed by atoms with Crippen LogP contribution in [0.15, 0.2) is 83.1 Å². The van der Waals surface area contributed by atoms with Crippen molar-refractivity contribution in [1.29, 1.82) is 0 Å². The lowest BCUT2D eigenvalue weighted by Gasteiger charge is -2.06. The van der Waals surface area contributed by atoms with Crippen molar-refractivity contribution in [3.63, 3.8) is 0 Å². The fourth-order valence-electron chi connectivity index (χ4n) is 2.77. The Labute approximate surface area is 167 Å². The molecule has 2 aromatic carbocycles. The summed E-state index contributed by atoms with van der Waals surface area (Å²) in [5.41, 5.74) is 2.93. The van der Waals surface area contributed by atoms with Crippen molar-refractivity contribution in [1.82, 2.24) is 19.3 Å². The highest BCUT2D eigenvalue weighted by atomic mass is 32.2. The largest absolute Gasteiger partial charge is 0.329 e. The molecule has 0 saturated heterocycles. The quantitative estimate of drug-likeness (QED) is 0.552. The van der Waals surface area contributed by atoms with Crippen LogP contribution in [-0.4, -0.2) is 25.2 Å². The summed E-state index contributed by atoms with van der Waals surface area (Å²) in [6, 6.07) is 19.2. The summed E-state index contributed by atoms with van der Waals surface area (Å²) < 4.78 is 3.73. The third-order valence-corrected chi connectivity index (χ3v) is 5.30. The van der Waals surface area contributed by atoms with E-state index in [1.165, 1.54) is 0 Å². The van der Waals surface area contributed by atoms with Gasteiger partial charge in [0.25, 0.3) is 5.91 Å². The Morgan fingerprint density at radius 2 is 1.82 bits per heavy atom. The van der Waals surface area contributed by atoms with Crippen molar-refractivity contribution in [2.24, 2.45) is 7.05 Å². The summed E-state index contributed by atoms with van der Waals surface area (Å²) >= 11 is 1.57. The summed E-state index contributed by atoms with van der Waals surface area (Å²) in [6.45, 7) is 1.93. The zero-order valence-electron chi connectivity index (χ0n) is 15.5. The normalized spacial score (nSPS) is 10.8. The van der Waals surface area contributed by atoms with E-state index in [2.05, 4.69) is 15.4 Å². The van der Waals surface area contributed by atoms with Gasteiger partial charge < -0.3 is 9.88 Å². The summed E-state index contributed by atoms with van der Waals surface area (Å²) in [7, 11) is 1.96. The number of hydrogen-bond acceptors (Lipinski definition) is 4. The van der Waals surface area contributed by atoms with Crippen LogP contribution < -0.4 is 5.32 Å². The van der Waals surface area contributed by atoms with Gasteiger partial charge in [-0.25, -0.2) is 9.67 Å². The fourth-order valence-corrected chi connectivity index (χ4v) is 3.57. The number of nitrogens with zero attached hydrogens (tertiary/aromatic N) is 4. The number of amides is 1. The highest BCUT2D eigenvalue weighted by molar-refractivity contribution is 7.99. The molecule has 1 amide bonds. The first-order valence-electron chi connectivity index (χ1n) is 8.79. The van der Waals surface area contributed by atoms with Gasteiger partial charge in [-0.15, -0.1) is 0 Å². The number of hydrogen-bond donors (Lipinski definition) is 1. The van der Waals surface area contributed by atoms with Crippen molar-refractivity contribution < 1.29 is 4.79 Å². The van der Waals surface area contributed by atoms with E-state index in [1.807, 2.05) is 79.3 Å². The maximum absolute atomic E-state index is 12.6. The molecule has 0 radical (unpaired) electrons. The van der Waals surface area contributed by atoms with Crippen LogP contribution in [0, 0.1) is 6.92 Å². The topological polar surface area (TPSA) is 64.7 Å². The van der Waals surface area contributed by atoms with Crippen LogP contribution >= 0.6 is 11.8 Å². The molecule has 6 nitrogen and oxygen atoms in total. The number of imidazole rings is 1. The molecule has 4 rings (SSSR count). The highest BCUT2D eigenvalue weighted by Crippen LogP contribution is 2.27. The number of carbonyl (C=O) groups excluding carboxylic acids is 1. The first-order chi connectivity index (χ1) is 13.6. The second-order valence-corrected chi connectivity index (χ2v) is 7.36. The number of benzene rings is 2. The van der Waals surface area contributed by atoms with E-state index in [0.29, 0.717) is 5.69 Å². The van der Waals surface area contributed by atoms with Crippen molar-refractivity contribution in [2.75, 3.05) is 5.32 Å². The minimum absolute atomic E-state index is 0.234. The molecule has 28 heavy (non-hydrogen) atoms. The average molecular weight is 389 g/mol. The van der Waals surface area contributed by atoms with Gasteiger partial charge >= 0.3 is 0 Å². The zero-order valence-corrected chi connectivity index (χ0v) is 16.4. The van der Waals surface area contributed by atoms with Crippen LogP contribution in [0.4, 0.5) is 5.69 Å². The first-order valence-corrected chi connectivity index (χ1v) is 9.60. The number of nitrogens with one attached hydrogen (secondary N) is 1. The molecule has 0 aliphatic rings. The first kappa shape index (κ1) is 18.1. The van der Waals surface area contributed by atoms with E-state index in [4.69, 9.17) is 0 Å². The number of aromatic nitrogens is 4. The smallest absolute Gasteiger partial charge is 0.276 e. The van der Waals surface area contributed by atoms with E-state index in [0.717, 1.165) is 27.1 Å².